The summed E-state index contributed by atoms with van der Waals surface area (Å²) in [5.74, 6) is 0.0518. The fourth-order valence-electron chi connectivity index (χ4n) is 1.74. The maximum absolute atomic E-state index is 11.9. The number of carbonyl (C=O) groups excluding carboxylic acids is 1. The smallest absolute Gasteiger partial charge is 0.323 e. The van der Waals surface area contributed by atoms with E-state index in [1.54, 1.807) is 0 Å². The van der Waals surface area contributed by atoms with Gasteiger partial charge in [0, 0.05) is 6.54 Å². The fraction of sp³-hybridized carbons (Fsp3) is 0.933. The highest BCUT2D eigenvalue weighted by Crippen LogP contribution is 2.10. The maximum atomic E-state index is 11.9. The van der Waals surface area contributed by atoms with Crippen LogP contribution in [-0.2, 0) is 24.3 Å². The highest BCUT2D eigenvalue weighted by Gasteiger charge is 2.22. The summed E-state index contributed by atoms with van der Waals surface area (Å²) in [5, 5.41) is 0. The zero-order valence-corrected chi connectivity index (χ0v) is 15.9. The van der Waals surface area contributed by atoms with Gasteiger partial charge in [-0.25, -0.2) is 13.1 Å². The first-order valence-corrected chi connectivity index (χ1v) is 9.83. The van der Waals surface area contributed by atoms with Gasteiger partial charge in [0.25, 0.3) is 0 Å². The van der Waals surface area contributed by atoms with Crippen LogP contribution >= 0.6 is 0 Å². The van der Waals surface area contributed by atoms with Crippen LogP contribution in [-0.4, -0.2) is 52.0 Å². The Bertz CT molecular complexity index is 451. The third kappa shape index (κ3) is 11.5. The van der Waals surface area contributed by atoms with Gasteiger partial charge in [-0.2, -0.15) is 0 Å². The Balaban J connectivity index is 4.58. The molecule has 0 heterocycles. The molecule has 8 heteroatoms. The molecular formula is C15H32N2O5S. The van der Waals surface area contributed by atoms with Crippen molar-refractivity contribution in [1.82, 2.24) is 4.72 Å². The van der Waals surface area contributed by atoms with E-state index in [0.29, 0.717) is 6.42 Å². The van der Waals surface area contributed by atoms with Crippen molar-refractivity contribution in [2.75, 3.05) is 19.4 Å². The molecule has 0 spiro atoms. The lowest BCUT2D eigenvalue weighted by Crippen LogP contribution is -2.41. The summed E-state index contributed by atoms with van der Waals surface area (Å²) in [4.78, 5) is 11.9. The minimum Gasteiger partial charge on any atom is -0.462 e. The summed E-state index contributed by atoms with van der Waals surface area (Å²) < 4.78 is 35.8. The van der Waals surface area contributed by atoms with Gasteiger partial charge in [-0.3, -0.25) is 4.79 Å². The van der Waals surface area contributed by atoms with Crippen LogP contribution in [0.5, 0.6) is 0 Å². The number of nitrogens with one attached hydrogen (secondary N) is 1. The van der Waals surface area contributed by atoms with Gasteiger partial charge in [-0.15, -0.1) is 0 Å². The lowest BCUT2D eigenvalue weighted by atomic mass is 10.1. The van der Waals surface area contributed by atoms with E-state index < -0.39 is 28.1 Å². The first kappa shape index (κ1) is 22.3. The lowest BCUT2D eigenvalue weighted by molar-refractivity contribution is -0.151. The third-order valence-electron chi connectivity index (χ3n) is 3.36. The molecule has 0 saturated heterocycles. The Morgan fingerprint density at radius 3 is 2.17 bits per heavy atom. The molecule has 0 fully saturated rings. The highest BCUT2D eigenvalue weighted by molar-refractivity contribution is 7.88. The molecule has 3 atom stereocenters. The lowest BCUT2D eigenvalue weighted by Gasteiger charge is -2.25. The minimum atomic E-state index is -3.34. The second-order valence-electron chi connectivity index (χ2n) is 6.69. The van der Waals surface area contributed by atoms with Crippen LogP contribution in [0.15, 0.2) is 0 Å². The average Bonchev–Trinajstić information content (AvgIpc) is 2.39. The minimum absolute atomic E-state index is 0.0375. The van der Waals surface area contributed by atoms with E-state index in [0.717, 1.165) is 6.26 Å². The van der Waals surface area contributed by atoms with Gasteiger partial charge in [-0.05, 0) is 25.2 Å². The van der Waals surface area contributed by atoms with Crippen LogP contribution < -0.4 is 10.5 Å². The zero-order chi connectivity index (χ0) is 18.2. The van der Waals surface area contributed by atoms with Gasteiger partial charge < -0.3 is 15.2 Å². The number of esters is 1. The highest BCUT2D eigenvalue weighted by atomic mass is 32.2. The molecule has 0 bridgehead atoms. The summed E-state index contributed by atoms with van der Waals surface area (Å²) >= 11 is 0. The monoisotopic (exact) mass is 352 g/mol. The second-order valence-corrected chi connectivity index (χ2v) is 8.53. The molecule has 0 aromatic heterocycles. The quantitative estimate of drug-likeness (QED) is 0.535. The number of ether oxygens (including phenoxy) is 2. The SMILES string of the molecule is CC(C)C[C@H](N)C(=O)OC[C@H](CNS(C)(=O)=O)O[C@@H](C)C(C)C. The molecule has 0 aromatic rings. The summed E-state index contributed by atoms with van der Waals surface area (Å²) in [5.41, 5.74) is 5.77. The standard InChI is InChI=1S/C15H32N2O5S/c1-10(2)7-14(16)15(18)21-9-13(8-17-23(6,19)20)22-12(5)11(3)4/h10-14,17H,7-9,16H2,1-6H3/t12-,13-,14-/m0/s1. The van der Waals surface area contributed by atoms with E-state index in [9.17, 15) is 13.2 Å². The van der Waals surface area contributed by atoms with Gasteiger partial charge in [0.05, 0.1) is 12.4 Å². The number of hydrogen-bond acceptors (Lipinski definition) is 6. The Morgan fingerprint density at radius 1 is 1.17 bits per heavy atom. The summed E-state index contributed by atoms with van der Waals surface area (Å²) in [7, 11) is -3.34. The molecule has 0 aliphatic heterocycles. The van der Waals surface area contributed by atoms with Crippen LogP contribution in [0.1, 0.15) is 41.0 Å². The molecule has 0 aliphatic carbocycles. The molecule has 0 aliphatic rings. The average molecular weight is 352 g/mol. The zero-order valence-electron chi connectivity index (χ0n) is 15.0. The molecule has 0 rings (SSSR count). The number of nitrogens with two attached hydrogens (primary N) is 1. The Hall–Kier alpha value is -0.700. The van der Waals surface area contributed by atoms with Crippen molar-refractivity contribution in [3.63, 3.8) is 0 Å². The van der Waals surface area contributed by atoms with Crippen molar-refractivity contribution in [1.29, 1.82) is 0 Å². The normalized spacial score (nSPS) is 16.4. The molecular weight excluding hydrogens is 320 g/mol. The van der Waals surface area contributed by atoms with Crippen LogP contribution in [0.25, 0.3) is 0 Å². The van der Waals surface area contributed by atoms with Gasteiger partial charge in [0.1, 0.15) is 18.8 Å². The van der Waals surface area contributed by atoms with Gasteiger partial charge >= 0.3 is 5.97 Å². The first-order chi connectivity index (χ1) is 10.4. The molecule has 3 N–H and O–H groups in total. The summed E-state index contributed by atoms with van der Waals surface area (Å²) in [6.45, 7) is 9.84. The Labute approximate surface area is 140 Å². The number of sulfonamides is 1. The largest absolute Gasteiger partial charge is 0.462 e. The molecule has 138 valence electrons. The Kier molecular flexibility index (Phi) is 9.91. The van der Waals surface area contributed by atoms with Gasteiger partial charge in [0.2, 0.25) is 10.0 Å². The predicted octanol–water partition coefficient (Wildman–Crippen LogP) is 0.882. The fourth-order valence-corrected chi connectivity index (χ4v) is 2.23. The molecule has 0 unspecified atom stereocenters. The van der Waals surface area contributed by atoms with Crippen molar-refractivity contribution >= 4 is 16.0 Å². The third-order valence-corrected chi connectivity index (χ3v) is 4.05. The van der Waals surface area contributed by atoms with Crippen molar-refractivity contribution < 1.29 is 22.7 Å². The molecule has 0 aromatic carbocycles. The van der Waals surface area contributed by atoms with Gasteiger partial charge in [0.15, 0.2) is 0 Å². The summed E-state index contributed by atoms with van der Waals surface area (Å²) in [6.07, 6.45) is 0.955. The van der Waals surface area contributed by atoms with Crippen molar-refractivity contribution in [3.05, 3.63) is 0 Å². The van der Waals surface area contributed by atoms with Crippen LogP contribution in [0, 0.1) is 11.8 Å². The maximum Gasteiger partial charge on any atom is 0.323 e. The second kappa shape index (κ2) is 10.2. The number of rotatable bonds is 11. The topological polar surface area (TPSA) is 108 Å². The first-order valence-electron chi connectivity index (χ1n) is 7.94. The molecule has 0 saturated carbocycles. The van der Waals surface area contributed by atoms with Crippen LogP contribution in [0.4, 0.5) is 0 Å². The predicted molar refractivity (Wildman–Crippen MR) is 90.4 cm³/mol. The van der Waals surface area contributed by atoms with E-state index >= 15 is 0 Å². The van der Waals surface area contributed by atoms with E-state index in [1.165, 1.54) is 0 Å². The van der Waals surface area contributed by atoms with Crippen molar-refractivity contribution in [2.24, 2.45) is 17.6 Å². The molecule has 0 radical (unpaired) electrons. The number of hydrogen-bond donors (Lipinski definition) is 2. The molecule has 7 nitrogen and oxygen atoms in total. The van der Waals surface area contributed by atoms with Crippen molar-refractivity contribution in [2.45, 2.75) is 59.3 Å². The van der Waals surface area contributed by atoms with Crippen LogP contribution in [0.3, 0.4) is 0 Å². The summed E-state index contributed by atoms with van der Waals surface area (Å²) in [6, 6.07) is -0.680. The number of carbonyl (C=O) groups is 1. The van der Waals surface area contributed by atoms with Crippen molar-refractivity contribution in [3.8, 4) is 0 Å². The van der Waals surface area contributed by atoms with E-state index in [2.05, 4.69) is 4.72 Å². The van der Waals surface area contributed by atoms with E-state index in [-0.39, 0.29) is 31.1 Å². The molecule has 23 heavy (non-hydrogen) atoms. The van der Waals surface area contributed by atoms with E-state index in [4.69, 9.17) is 15.2 Å². The van der Waals surface area contributed by atoms with Crippen LogP contribution in [0.2, 0.25) is 0 Å². The Morgan fingerprint density at radius 2 is 1.74 bits per heavy atom. The molecule has 0 amide bonds. The van der Waals surface area contributed by atoms with Gasteiger partial charge in [-0.1, -0.05) is 27.7 Å². The van der Waals surface area contributed by atoms with E-state index in [1.807, 2.05) is 34.6 Å².